The van der Waals surface area contributed by atoms with Crippen LogP contribution in [0.4, 0.5) is 0 Å². The number of Topliss-reactive ketones (excluding diaryl/α,β-unsaturated/α-hetero) is 1. The van der Waals surface area contributed by atoms with E-state index in [0.29, 0.717) is 29.2 Å². The van der Waals surface area contributed by atoms with Gasteiger partial charge in [-0.15, -0.1) is 22.7 Å². The van der Waals surface area contributed by atoms with Gasteiger partial charge in [0.1, 0.15) is 5.69 Å². The molecular formula is C23H20N6O3S2. The number of carbonyl (C=O) groups excluding carboxylic acids is 1. The van der Waals surface area contributed by atoms with E-state index in [2.05, 4.69) is 29.9 Å². The van der Waals surface area contributed by atoms with Gasteiger partial charge in [0.2, 0.25) is 0 Å². The highest BCUT2D eigenvalue weighted by molar-refractivity contribution is 7.13. The Morgan fingerprint density at radius 3 is 1.65 bits per heavy atom. The van der Waals surface area contributed by atoms with Crippen LogP contribution in [-0.4, -0.2) is 46.8 Å². The lowest BCUT2D eigenvalue weighted by molar-refractivity contribution is 0.0690. The van der Waals surface area contributed by atoms with Crippen LogP contribution in [0.1, 0.15) is 76.8 Å². The van der Waals surface area contributed by atoms with E-state index in [1.165, 1.54) is 29.6 Å². The van der Waals surface area contributed by atoms with Gasteiger partial charge in [-0.25, -0.2) is 24.7 Å². The van der Waals surface area contributed by atoms with Gasteiger partial charge in [-0.2, -0.15) is 0 Å². The number of carboxylic acids is 1. The summed E-state index contributed by atoms with van der Waals surface area (Å²) in [6.45, 7) is 1.54. The van der Waals surface area contributed by atoms with Crippen LogP contribution < -0.4 is 0 Å². The Balaban J connectivity index is 0.000000142. The Kier molecular flexibility index (Phi) is 6.20. The molecule has 0 aromatic carbocycles. The number of thiazole rings is 2. The molecule has 0 bridgehead atoms. The second kappa shape index (κ2) is 9.43. The molecule has 2 saturated carbocycles. The normalized spacial score (nSPS) is 14.9. The Morgan fingerprint density at radius 1 is 0.794 bits per heavy atom. The molecule has 0 amide bonds. The molecule has 0 saturated heterocycles. The van der Waals surface area contributed by atoms with Gasteiger partial charge in [0.05, 0.1) is 20.8 Å². The minimum Gasteiger partial charge on any atom is -0.477 e. The Bertz CT molecular complexity index is 1230. The van der Waals surface area contributed by atoms with E-state index in [1.54, 1.807) is 29.5 Å². The average molecular weight is 493 g/mol. The maximum absolute atomic E-state index is 11.5. The third-order valence-electron chi connectivity index (χ3n) is 5.37. The summed E-state index contributed by atoms with van der Waals surface area (Å²) < 4.78 is 0. The first-order valence-corrected chi connectivity index (χ1v) is 12.5. The predicted octanol–water partition coefficient (Wildman–Crippen LogP) is 4.86. The lowest BCUT2D eigenvalue weighted by Crippen LogP contribution is -2.05. The van der Waals surface area contributed by atoms with Gasteiger partial charge in [-0.3, -0.25) is 14.8 Å². The first-order chi connectivity index (χ1) is 16.5. The number of nitrogens with zero attached hydrogens (tertiary/aromatic N) is 6. The first-order valence-electron chi connectivity index (χ1n) is 10.8. The van der Waals surface area contributed by atoms with Crippen LogP contribution in [0.25, 0.3) is 21.4 Å². The monoisotopic (exact) mass is 492 g/mol. The molecule has 172 valence electrons. The Labute approximate surface area is 203 Å². The Hall–Kier alpha value is -3.44. The number of hydrogen-bond acceptors (Lipinski definition) is 10. The SMILES string of the molecule is CC(=O)c1cc(C2CC2)nc(-c2cncs2)n1.O=C(O)c1cc(C2CC2)nc(-c2cncs2)n1. The lowest BCUT2D eigenvalue weighted by Gasteiger charge is -2.03. The van der Waals surface area contributed by atoms with Gasteiger partial charge in [0.15, 0.2) is 23.1 Å². The fraction of sp³-hybridized carbons (Fsp3) is 0.304. The maximum Gasteiger partial charge on any atom is 0.354 e. The molecule has 11 heteroatoms. The van der Waals surface area contributed by atoms with E-state index in [0.717, 1.165) is 46.8 Å². The highest BCUT2D eigenvalue weighted by Crippen LogP contribution is 2.40. The molecule has 0 atom stereocenters. The van der Waals surface area contributed by atoms with E-state index in [9.17, 15) is 9.59 Å². The smallest absolute Gasteiger partial charge is 0.354 e. The summed E-state index contributed by atoms with van der Waals surface area (Å²) in [6.07, 6.45) is 7.88. The molecular weight excluding hydrogens is 472 g/mol. The molecule has 34 heavy (non-hydrogen) atoms. The molecule has 2 aliphatic carbocycles. The molecule has 4 aromatic heterocycles. The van der Waals surface area contributed by atoms with Crippen LogP contribution in [0.3, 0.4) is 0 Å². The van der Waals surface area contributed by atoms with E-state index in [4.69, 9.17) is 5.11 Å². The molecule has 6 rings (SSSR count). The highest BCUT2D eigenvalue weighted by Gasteiger charge is 2.28. The van der Waals surface area contributed by atoms with Crippen LogP contribution in [0.2, 0.25) is 0 Å². The van der Waals surface area contributed by atoms with E-state index < -0.39 is 5.97 Å². The zero-order valence-electron chi connectivity index (χ0n) is 18.2. The maximum atomic E-state index is 11.5. The first kappa shape index (κ1) is 22.4. The minimum absolute atomic E-state index is 0.0138. The van der Waals surface area contributed by atoms with Gasteiger partial charge in [0.25, 0.3) is 0 Å². The third-order valence-corrected chi connectivity index (χ3v) is 6.91. The summed E-state index contributed by atoms with van der Waals surface area (Å²) in [5, 5.41) is 9.03. The zero-order valence-corrected chi connectivity index (χ0v) is 19.8. The van der Waals surface area contributed by atoms with Crippen molar-refractivity contribution in [2.45, 2.75) is 44.4 Å². The molecule has 1 N–H and O–H groups in total. The standard InChI is InChI=1S/C12H11N3OS.C11H9N3O2S/c1-7(16)9-4-10(8-2-3-8)15-12(14-9)11-5-13-6-17-11;15-11(16)8-3-7(6-1-2-6)13-10(14-8)9-4-12-5-17-9/h4-6,8H,2-3H2,1H3;3-6H,1-2H2,(H,15,16). The van der Waals surface area contributed by atoms with Crippen molar-refractivity contribution in [2.75, 3.05) is 0 Å². The van der Waals surface area contributed by atoms with Crippen molar-refractivity contribution < 1.29 is 14.7 Å². The lowest BCUT2D eigenvalue weighted by atomic mass is 10.2. The summed E-state index contributed by atoms with van der Waals surface area (Å²) in [5.41, 5.74) is 5.82. The van der Waals surface area contributed by atoms with Crippen molar-refractivity contribution in [1.82, 2.24) is 29.9 Å². The van der Waals surface area contributed by atoms with Crippen LogP contribution in [0.5, 0.6) is 0 Å². The molecule has 4 heterocycles. The predicted molar refractivity (Wildman–Crippen MR) is 127 cm³/mol. The average Bonchev–Trinajstić information content (AvgIpc) is 3.76. The van der Waals surface area contributed by atoms with Crippen molar-refractivity contribution >= 4 is 34.4 Å². The number of aromatic carboxylic acids is 1. The van der Waals surface area contributed by atoms with Crippen LogP contribution in [0, 0.1) is 0 Å². The van der Waals surface area contributed by atoms with Crippen LogP contribution in [0.15, 0.2) is 35.5 Å². The molecule has 0 unspecified atom stereocenters. The summed E-state index contributed by atoms with van der Waals surface area (Å²) >= 11 is 2.90. The highest BCUT2D eigenvalue weighted by atomic mass is 32.1. The summed E-state index contributed by atoms with van der Waals surface area (Å²) in [6, 6.07) is 3.40. The summed E-state index contributed by atoms with van der Waals surface area (Å²) in [5.74, 6) is 0.988. The fourth-order valence-corrected chi connectivity index (χ4v) is 4.38. The fourth-order valence-electron chi connectivity index (χ4n) is 3.27. The van der Waals surface area contributed by atoms with Gasteiger partial charge in [-0.1, -0.05) is 0 Å². The molecule has 0 radical (unpaired) electrons. The number of ketones is 1. The number of aromatic nitrogens is 6. The quantitative estimate of drug-likeness (QED) is 0.375. The van der Waals surface area contributed by atoms with Crippen LogP contribution >= 0.6 is 22.7 Å². The molecule has 4 aromatic rings. The number of hydrogen-bond donors (Lipinski definition) is 1. The number of rotatable bonds is 6. The third kappa shape index (κ3) is 5.20. The molecule has 2 fully saturated rings. The van der Waals surface area contributed by atoms with Gasteiger partial charge < -0.3 is 5.11 Å². The zero-order chi connectivity index (χ0) is 23.7. The number of carbonyl (C=O) groups is 2. The largest absolute Gasteiger partial charge is 0.477 e. The van der Waals surface area contributed by atoms with E-state index in [-0.39, 0.29) is 11.5 Å². The molecule has 2 aliphatic rings. The van der Waals surface area contributed by atoms with E-state index in [1.807, 2.05) is 6.07 Å². The van der Waals surface area contributed by atoms with Crippen molar-refractivity contribution in [3.05, 3.63) is 58.3 Å². The molecule has 0 aliphatic heterocycles. The Morgan fingerprint density at radius 2 is 1.26 bits per heavy atom. The van der Waals surface area contributed by atoms with Gasteiger partial charge >= 0.3 is 5.97 Å². The van der Waals surface area contributed by atoms with Crippen LogP contribution in [-0.2, 0) is 0 Å². The van der Waals surface area contributed by atoms with E-state index >= 15 is 0 Å². The molecule has 0 spiro atoms. The second-order valence-corrected chi connectivity index (χ2v) is 9.92. The van der Waals surface area contributed by atoms with Crippen molar-refractivity contribution in [2.24, 2.45) is 0 Å². The van der Waals surface area contributed by atoms with Crippen molar-refractivity contribution in [1.29, 1.82) is 0 Å². The molecule has 9 nitrogen and oxygen atoms in total. The number of carboxylic acid groups (broad SMARTS) is 1. The second-order valence-electron chi connectivity index (χ2n) is 8.14. The summed E-state index contributed by atoms with van der Waals surface area (Å²) in [7, 11) is 0. The topological polar surface area (TPSA) is 132 Å². The van der Waals surface area contributed by atoms with Crippen molar-refractivity contribution in [3.63, 3.8) is 0 Å². The van der Waals surface area contributed by atoms with Gasteiger partial charge in [-0.05, 0) is 37.8 Å². The minimum atomic E-state index is -1.01. The van der Waals surface area contributed by atoms with Crippen molar-refractivity contribution in [3.8, 4) is 21.4 Å². The summed E-state index contributed by atoms with van der Waals surface area (Å²) in [4.78, 5) is 49.4. The van der Waals surface area contributed by atoms with Gasteiger partial charge in [0, 0.05) is 42.5 Å².